The van der Waals surface area contributed by atoms with Crippen molar-refractivity contribution in [3.8, 4) is 0 Å². The summed E-state index contributed by atoms with van der Waals surface area (Å²) in [7, 11) is 0. The number of aryl methyl sites for hydroxylation is 1. The van der Waals surface area contributed by atoms with Crippen LogP contribution in [-0.2, 0) is 13.1 Å². The summed E-state index contributed by atoms with van der Waals surface area (Å²) >= 11 is 0. The van der Waals surface area contributed by atoms with Crippen LogP contribution in [0.1, 0.15) is 24.1 Å². The Labute approximate surface area is 123 Å². The fraction of sp³-hybridized carbons (Fsp3) is 0.357. The Balaban J connectivity index is 1.66. The summed E-state index contributed by atoms with van der Waals surface area (Å²) < 4.78 is 2.08. The van der Waals surface area contributed by atoms with Gasteiger partial charge in [-0.1, -0.05) is 5.16 Å². The zero-order valence-electron chi connectivity index (χ0n) is 11.8. The summed E-state index contributed by atoms with van der Waals surface area (Å²) in [6.07, 6.45) is 9.45. The van der Waals surface area contributed by atoms with Crippen molar-refractivity contribution in [2.75, 3.05) is 6.54 Å². The predicted octanol–water partition coefficient (Wildman–Crippen LogP) is 0.943. The molecule has 4 N–H and O–H groups in total. The molecule has 0 aliphatic rings. The van der Waals surface area contributed by atoms with Crippen molar-refractivity contribution < 1.29 is 5.21 Å². The SMILES string of the molecule is NC(=NO)c1cc(CNCCCCn2ccnc2)ccn1. The molecule has 0 radical (unpaired) electrons. The van der Waals surface area contributed by atoms with E-state index in [1.807, 2.05) is 24.7 Å². The van der Waals surface area contributed by atoms with E-state index in [1.54, 1.807) is 12.4 Å². The first-order valence-electron chi connectivity index (χ1n) is 6.89. The monoisotopic (exact) mass is 288 g/mol. The largest absolute Gasteiger partial charge is 0.409 e. The minimum atomic E-state index is 0.0252. The third-order valence-corrected chi connectivity index (χ3v) is 3.10. The van der Waals surface area contributed by atoms with Crippen LogP contribution in [0.25, 0.3) is 0 Å². The molecule has 7 heteroatoms. The molecular formula is C14H20N6O. The van der Waals surface area contributed by atoms with E-state index in [9.17, 15) is 0 Å². The summed E-state index contributed by atoms with van der Waals surface area (Å²) in [4.78, 5) is 8.05. The van der Waals surface area contributed by atoms with Crippen LogP contribution in [0.15, 0.2) is 42.2 Å². The highest BCUT2D eigenvalue weighted by molar-refractivity contribution is 5.95. The van der Waals surface area contributed by atoms with E-state index in [-0.39, 0.29) is 5.84 Å². The number of oxime groups is 1. The third kappa shape index (κ3) is 4.88. The van der Waals surface area contributed by atoms with Gasteiger partial charge in [-0.2, -0.15) is 0 Å². The Hall–Kier alpha value is -2.41. The van der Waals surface area contributed by atoms with E-state index in [0.29, 0.717) is 5.69 Å². The molecule has 0 saturated carbocycles. The van der Waals surface area contributed by atoms with Crippen LogP contribution in [-0.4, -0.2) is 32.1 Å². The second-order valence-corrected chi connectivity index (χ2v) is 4.72. The molecule has 0 saturated heterocycles. The van der Waals surface area contributed by atoms with Gasteiger partial charge in [0, 0.05) is 31.7 Å². The molecule has 21 heavy (non-hydrogen) atoms. The summed E-state index contributed by atoms with van der Waals surface area (Å²) in [5.74, 6) is 0.0252. The average Bonchev–Trinajstić information content (AvgIpc) is 3.03. The van der Waals surface area contributed by atoms with Gasteiger partial charge < -0.3 is 20.8 Å². The first kappa shape index (κ1) is 15.0. The number of hydrogen-bond donors (Lipinski definition) is 3. The number of hydrogen-bond acceptors (Lipinski definition) is 5. The molecule has 2 rings (SSSR count). The van der Waals surface area contributed by atoms with Crippen molar-refractivity contribution in [2.24, 2.45) is 10.9 Å². The molecule has 7 nitrogen and oxygen atoms in total. The van der Waals surface area contributed by atoms with Crippen LogP contribution in [0.3, 0.4) is 0 Å². The van der Waals surface area contributed by atoms with E-state index >= 15 is 0 Å². The molecule has 2 aromatic heterocycles. The minimum Gasteiger partial charge on any atom is -0.409 e. The van der Waals surface area contributed by atoms with Crippen molar-refractivity contribution in [2.45, 2.75) is 25.9 Å². The van der Waals surface area contributed by atoms with Gasteiger partial charge in [0.1, 0.15) is 5.69 Å². The molecule has 0 aliphatic carbocycles. The van der Waals surface area contributed by atoms with Crippen LogP contribution in [0.5, 0.6) is 0 Å². The highest BCUT2D eigenvalue weighted by Gasteiger charge is 2.02. The number of imidazole rings is 1. The third-order valence-electron chi connectivity index (χ3n) is 3.10. The van der Waals surface area contributed by atoms with Gasteiger partial charge in [0.25, 0.3) is 0 Å². The lowest BCUT2D eigenvalue weighted by molar-refractivity contribution is 0.318. The fourth-order valence-corrected chi connectivity index (χ4v) is 1.97. The van der Waals surface area contributed by atoms with Gasteiger partial charge in [0.2, 0.25) is 0 Å². The smallest absolute Gasteiger partial charge is 0.188 e. The van der Waals surface area contributed by atoms with Crippen molar-refractivity contribution in [3.63, 3.8) is 0 Å². The van der Waals surface area contributed by atoms with E-state index < -0.39 is 0 Å². The van der Waals surface area contributed by atoms with Crippen molar-refractivity contribution >= 4 is 5.84 Å². The Kier molecular flexibility index (Phi) is 5.71. The van der Waals surface area contributed by atoms with Gasteiger partial charge in [-0.15, -0.1) is 0 Å². The summed E-state index contributed by atoms with van der Waals surface area (Å²) in [6, 6.07) is 3.72. The van der Waals surface area contributed by atoms with Gasteiger partial charge in [-0.3, -0.25) is 4.98 Å². The summed E-state index contributed by atoms with van der Waals surface area (Å²) in [5.41, 5.74) is 7.05. The number of rotatable bonds is 8. The molecule has 0 aliphatic heterocycles. The highest BCUT2D eigenvalue weighted by Crippen LogP contribution is 2.02. The van der Waals surface area contributed by atoms with Gasteiger partial charge in [0.05, 0.1) is 6.33 Å². The Morgan fingerprint density at radius 3 is 3.05 bits per heavy atom. The maximum Gasteiger partial charge on any atom is 0.188 e. The van der Waals surface area contributed by atoms with Crippen LogP contribution in [0.2, 0.25) is 0 Å². The first-order chi connectivity index (χ1) is 10.3. The fourth-order valence-electron chi connectivity index (χ4n) is 1.97. The Bertz CT molecular complexity index is 567. The lowest BCUT2D eigenvalue weighted by Crippen LogP contribution is -2.18. The first-order valence-corrected chi connectivity index (χ1v) is 6.89. The summed E-state index contributed by atoms with van der Waals surface area (Å²) in [5, 5.41) is 15.0. The molecule has 0 aromatic carbocycles. The lowest BCUT2D eigenvalue weighted by Gasteiger charge is -2.06. The molecule has 0 bridgehead atoms. The minimum absolute atomic E-state index is 0.0252. The Morgan fingerprint density at radius 1 is 1.38 bits per heavy atom. The van der Waals surface area contributed by atoms with Crippen LogP contribution < -0.4 is 11.1 Å². The molecule has 0 fully saturated rings. The number of aromatic nitrogens is 3. The topological polar surface area (TPSA) is 101 Å². The van der Waals surface area contributed by atoms with Crippen molar-refractivity contribution in [3.05, 3.63) is 48.3 Å². The molecule has 0 unspecified atom stereocenters. The van der Waals surface area contributed by atoms with Gasteiger partial charge in [-0.05, 0) is 37.1 Å². The maximum atomic E-state index is 8.63. The normalized spacial score (nSPS) is 11.7. The van der Waals surface area contributed by atoms with Crippen LogP contribution in [0, 0.1) is 0 Å². The number of pyridine rings is 1. The number of amidine groups is 1. The van der Waals surface area contributed by atoms with E-state index in [4.69, 9.17) is 10.9 Å². The molecule has 0 spiro atoms. The van der Waals surface area contributed by atoms with Gasteiger partial charge in [-0.25, -0.2) is 4.98 Å². The van der Waals surface area contributed by atoms with Crippen LogP contribution >= 0.6 is 0 Å². The number of nitrogens with zero attached hydrogens (tertiary/aromatic N) is 4. The van der Waals surface area contributed by atoms with Gasteiger partial charge in [0.15, 0.2) is 5.84 Å². The standard InChI is InChI=1S/C14H20N6O/c15-14(19-21)13-9-12(3-5-18-13)10-16-4-1-2-7-20-8-6-17-11-20/h3,5-6,8-9,11,16,21H,1-2,4,7,10H2,(H2,15,19). The number of unbranched alkanes of at least 4 members (excludes halogenated alkanes) is 1. The number of nitrogens with two attached hydrogens (primary N) is 1. The molecular weight excluding hydrogens is 268 g/mol. The second kappa shape index (κ2) is 8.01. The highest BCUT2D eigenvalue weighted by atomic mass is 16.4. The van der Waals surface area contributed by atoms with Crippen molar-refractivity contribution in [1.82, 2.24) is 19.9 Å². The quantitative estimate of drug-likeness (QED) is 0.221. The van der Waals surface area contributed by atoms with Crippen LogP contribution in [0.4, 0.5) is 0 Å². The molecule has 0 amide bonds. The number of nitrogens with one attached hydrogen (secondary N) is 1. The average molecular weight is 288 g/mol. The van der Waals surface area contributed by atoms with Crippen molar-refractivity contribution in [1.29, 1.82) is 0 Å². The predicted molar refractivity (Wildman–Crippen MR) is 79.9 cm³/mol. The van der Waals surface area contributed by atoms with Gasteiger partial charge >= 0.3 is 0 Å². The second-order valence-electron chi connectivity index (χ2n) is 4.72. The van der Waals surface area contributed by atoms with E-state index in [1.165, 1.54) is 0 Å². The molecule has 2 aromatic rings. The summed E-state index contributed by atoms with van der Waals surface area (Å²) in [6.45, 7) is 2.67. The Morgan fingerprint density at radius 2 is 2.29 bits per heavy atom. The zero-order chi connectivity index (χ0) is 14.9. The van der Waals surface area contributed by atoms with E-state index in [2.05, 4.69) is 25.0 Å². The lowest BCUT2D eigenvalue weighted by atomic mass is 10.2. The molecule has 2 heterocycles. The molecule has 112 valence electrons. The zero-order valence-corrected chi connectivity index (χ0v) is 11.8. The van der Waals surface area contributed by atoms with E-state index in [0.717, 1.165) is 38.0 Å². The maximum absolute atomic E-state index is 8.63. The molecule has 0 atom stereocenters.